The number of benzene rings is 2. The average Bonchev–Trinajstić information content (AvgIpc) is 2.66. The second kappa shape index (κ2) is 7.47. The van der Waals surface area contributed by atoms with Crippen LogP contribution in [0.4, 0.5) is 0 Å². The molecule has 1 heterocycles. The number of nitrogens with zero attached hydrogens (tertiary/aromatic N) is 1. The second-order valence-corrected chi connectivity index (χ2v) is 6.29. The minimum absolute atomic E-state index is 0.265. The number of hydrogen-bond acceptors (Lipinski definition) is 4. The number of ether oxygens (including phenoxy) is 2. The highest BCUT2D eigenvalue weighted by molar-refractivity contribution is 5.89. The Morgan fingerprint density at radius 1 is 1.08 bits per heavy atom. The maximum Gasteiger partial charge on any atom is 0.264 e. The summed E-state index contributed by atoms with van der Waals surface area (Å²) in [5, 5.41) is 0. The predicted molar refractivity (Wildman–Crippen MR) is 96.8 cm³/mol. The van der Waals surface area contributed by atoms with E-state index < -0.39 is 18.1 Å². The zero-order chi connectivity index (χ0) is 18.7. The molecular formula is C20H22N2O4. The number of primary amides is 1. The Kier molecular flexibility index (Phi) is 5.11. The van der Waals surface area contributed by atoms with E-state index in [4.69, 9.17) is 15.2 Å². The lowest BCUT2D eigenvalue weighted by atomic mass is 9.93. The first-order valence-electron chi connectivity index (χ1n) is 8.47. The maximum absolute atomic E-state index is 12.9. The first-order valence-corrected chi connectivity index (χ1v) is 8.47. The van der Waals surface area contributed by atoms with Crippen LogP contribution in [0.1, 0.15) is 18.1 Å². The Labute approximate surface area is 152 Å². The summed E-state index contributed by atoms with van der Waals surface area (Å²) >= 11 is 0. The third-order valence-electron chi connectivity index (χ3n) is 4.58. The molecule has 0 saturated heterocycles. The fraction of sp³-hybridized carbons (Fsp3) is 0.300. The van der Waals surface area contributed by atoms with Crippen LogP contribution in [0.2, 0.25) is 0 Å². The lowest BCUT2D eigenvalue weighted by Gasteiger charge is -2.36. The quantitative estimate of drug-likeness (QED) is 0.889. The van der Waals surface area contributed by atoms with Gasteiger partial charge < -0.3 is 20.1 Å². The smallest absolute Gasteiger partial charge is 0.264 e. The molecule has 0 radical (unpaired) electrons. The molecule has 2 atom stereocenters. The van der Waals surface area contributed by atoms with Crippen LogP contribution < -0.4 is 15.2 Å². The van der Waals surface area contributed by atoms with Gasteiger partial charge in [0.1, 0.15) is 17.5 Å². The molecular weight excluding hydrogens is 332 g/mol. The normalized spacial score (nSPS) is 17.2. The van der Waals surface area contributed by atoms with Crippen LogP contribution in [-0.2, 0) is 22.6 Å². The summed E-state index contributed by atoms with van der Waals surface area (Å²) in [6.45, 7) is 2.02. The Balaban J connectivity index is 1.76. The van der Waals surface area contributed by atoms with Gasteiger partial charge in [-0.2, -0.15) is 0 Å². The molecule has 6 nitrogen and oxygen atoms in total. The van der Waals surface area contributed by atoms with Gasteiger partial charge in [0.05, 0.1) is 7.11 Å². The van der Waals surface area contributed by atoms with Gasteiger partial charge in [-0.05, 0) is 42.3 Å². The molecule has 0 bridgehead atoms. The zero-order valence-corrected chi connectivity index (χ0v) is 14.8. The molecule has 0 aliphatic carbocycles. The lowest BCUT2D eigenvalue weighted by molar-refractivity contribution is -0.146. The van der Waals surface area contributed by atoms with E-state index in [1.54, 1.807) is 38.3 Å². The highest BCUT2D eigenvalue weighted by Crippen LogP contribution is 2.25. The summed E-state index contributed by atoms with van der Waals surface area (Å²) in [6, 6.07) is 14.1. The van der Waals surface area contributed by atoms with Crippen molar-refractivity contribution in [2.75, 3.05) is 7.11 Å². The molecule has 0 fully saturated rings. The molecule has 6 heteroatoms. The summed E-state index contributed by atoms with van der Waals surface area (Å²) in [4.78, 5) is 26.3. The van der Waals surface area contributed by atoms with Crippen LogP contribution in [0.15, 0.2) is 48.5 Å². The molecule has 0 saturated carbocycles. The maximum atomic E-state index is 12.9. The number of amides is 2. The summed E-state index contributed by atoms with van der Waals surface area (Å²) in [5.41, 5.74) is 7.62. The first kappa shape index (κ1) is 17.8. The average molecular weight is 354 g/mol. The van der Waals surface area contributed by atoms with Gasteiger partial charge in [0, 0.05) is 13.0 Å². The predicted octanol–water partition coefficient (Wildman–Crippen LogP) is 1.90. The van der Waals surface area contributed by atoms with Gasteiger partial charge >= 0.3 is 0 Å². The number of fused-ring (bicyclic) bond motifs is 1. The van der Waals surface area contributed by atoms with Crippen LogP contribution in [0.3, 0.4) is 0 Å². The van der Waals surface area contributed by atoms with Gasteiger partial charge in [-0.15, -0.1) is 0 Å². The number of rotatable bonds is 5. The van der Waals surface area contributed by atoms with E-state index >= 15 is 0 Å². The largest absolute Gasteiger partial charge is 0.497 e. The molecule has 2 amide bonds. The highest BCUT2D eigenvalue weighted by Gasteiger charge is 2.35. The SMILES string of the molecule is COc1ccc(O[C@@H](C)C(=O)N2Cc3ccccc3C[C@@H]2C(N)=O)cc1. The molecule has 0 unspecified atom stereocenters. The molecule has 2 aromatic carbocycles. The van der Waals surface area contributed by atoms with Crippen LogP contribution in [-0.4, -0.2) is 36.0 Å². The van der Waals surface area contributed by atoms with Crippen LogP contribution >= 0.6 is 0 Å². The van der Waals surface area contributed by atoms with Crippen molar-refractivity contribution in [1.29, 1.82) is 0 Å². The van der Waals surface area contributed by atoms with Crippen molar-refractivity contribution in [2.24, 2.45) is 5.73 Å². The number of methoxy groups -OCH3 is 1. The topological polar surface area (TPSA) is 81.9 Å². The molecule has 26 heavy (non-hydrogen) atoms. The van der Waals surface area contributed by atoms with Crippen molar-refractivity contribution in [2.45, 2.75) is 32.0 Å². The standard InChI is InChI=1S/C20H22N2O4/c1-13(26-17-9-7-16(25-2)8-10-17)20(24)22-12-15-6-4-3-5-14(15)11-18(22)19(21)23/h3-10,13,18H,11-12H2,1-2H3,(H2,21,23)/t13-,18+/m0/s1. The zero-order valence-electron chi connectivity index (χ0n) is 14.8. The van der Waals surface area contributed by atoms with Crippen LogP contribution in [0.25, 0.3) is 0 Å². The fourth-order valence-corrected chi connectivity index (χ4v) is 3.15. The van der Waals surface area contributed by atoms with Crippen molar-refractivity contribution in [3.63, 3.8) is 0 Å². The monoisotopic (exact) mass is 354 g/mol. The molecule has 136 valence electrons. The molecule has 3 rings (SSSR count). The van der Waals surface area contributed by atoms with Crippen molar-refractivity contribution < 1.29 is 19.1 Å². The van der Waals surface area contributed by atoms with Crippen molar-refractivity contribution >= 4 is 11.8 Å². The molecule has 1 aliphatic rings. The second-order valence-electron chi connectivity index (χ2n) is 6.29. The van der Waals surface area contributed by atoms with E-state index in [9.17, 15) is 9.59 Å². The number of carbonyl (C=O) groups is 2. The third kappa shape index (κ3) is 3.64. The fourth-order valence-electron chi connectivity index (χ4n) is 3.15. The van der Waals surface area contributed by atoms with Crippen molar-refractivity contribution in [3.05, 3.63) is 59.7 Å². The van der Waals surface area contributed by atoms with Gasteiger partial charge in [0.25, 0.3) is 5.91 Å². The Morgan fingerprint density at radius 3 is 2.31 bits per heavy atom. The highest BCUT2D eigenvalue weighted by atomic mass is 16.5. The van der Waals surface area contributed by atoms with Gasteiger partial charge in [-0.1, -0.05) is 24.3 Å². The summed E-state index contributed by atoms with van der Waals surface area (Å²) in [7, 11) is 1.58. The molecule has 1 aliphatic heterocycles. The van der Waals surface area contributed by atoms with Gasteiger partial charge in [-0.25, -0.2) is 0 Å². The van der Waals surface area contributed by atoms with Gasteiger partial charge in [0.2, 0.25) is 5.91 Å². The van der Waals surface area contributed by atoms with Gasteiger partial charge in [-0.3, -0.25) is 9.59 Å². The molecule has 0 spiro atoms. The Hall–Kier alpha value is -3.02. The van der Waals surface area contributed by atoms with E-state index in [1.165, 1.54) is 4.90 Å². The van der Waals surface area contributed by atoms with E-state index in [2.05, 4.69) is 0 Å². The summed E-state index contributed by atoms with van der Waals surface area (Å²) < 4.78 is 10.9. The summed E-state index contributed by atoms with van der Waals surface area (Å²) in [6.07, 6.45) is -0.317. The number of nitrogens with two attached hydrogens (primary N) is 1. The van der Waals surface area contributed by atoms with Crippen molar-refractivity contribution in [3.8, 4) is 11.5 Å². The molecule has 2 N–H and O–H groups in total. The Morgan fingerprint density at radius 2 is 1.69 bits per heavy atom. The van der Waals surface area contributed by atoms with E-state index in [-0.39, 0.29) is 5.91 Å². The van der Waals surface area contributed by atoms with E-state index in [0.717, 1.165) is 11.1 Å². The van der Waals surface area contributed by atoms with Crippen LogP contribution in [0.5, 0.6) is 11.5 Å². The minimum atomic E-state index is -0.740. The minimum Gasteiger partial charge on any atom is -0.497 e. The van der Waals surface area contributed by atoms with E-state index in [1.807, 2.05) is 24.3 Å². The van der Waals surface area contributed by atoms with Crippen molar-refractivity contribution in [1.82, 2.24) is 4.90 Å². The van der Waals surface area contributed by atoms with Gasteiger partial charge in [0.15, 0.2) is 6.10 Å². The first-order chi connectivity index (χ1) is 12.5. The molecule has 0 aromatic heterocycles. The number of carbonyl (C=O) groups excluding carboxylic acids is 2. The molecule has 2 aromatic rings. The number of hydrogen-bond donors (Lipinski definition) is 1. The third-order valence-corrected chi connectivity index (χ3v) is 4.58. The Bertz CT molecular complexity index is 804. The lowest BCUT2D eigenvalue weighted by Crippen LogP contribution is -2.54. The summed E-state index contributed by atoms with van der Waals surface area (Å²) in [5.74, 6) is 0.487. The van der Waals surface area contributed by atoms with E-state index in [0.29, 0.717) is 24.5 Å². The van der Waals surface area contributed by atoms with Crippen LogP contribution in [0, 0.1) is 0 Å².